The molecule has 0 radical (unpaired) electrons. The molecule has 38 heavy (non-hydrogen) atoms. The van der Waals surface area contributed by atoms with Gasteiger partial charge in [0.1, 0.15) is 0 Å². The second-order valence-corrected chi connectivity index (χ2v) is 9.42. The summed E-state index contributed by atoms with van der Waals surface area (Å²) in [5.41, 5.74) is 10.9. The summed E-state index contributed by atoms with van der Waals surface area (Å²) in [6.07, 6.45) is 1.90. The number of aromatic nitrogens is 2. The summed E-state index contributed by atoms with van der Waals surface area (Å²) in [5.74, 6) is 0. The molecule has 178 valence electrons. The van der Waals surface area contributed by atoms with Crippen molar-refractivity contribution in [1.82, 2.24) is 9.97 Å². The Kier molecular flexibility index (Phi) is 5.49. The molecule has 2 heteroatoms. The van der Waals surface area contributed by atoms with Gasteiger partial charge >= 0.3 is 0 Å². The van der Waals surface area contributed by atoms with Crippen molar-refractivity contribution in [2.75, 3.05) is 0 Å². The number of hydrogen-bond acceptors (Lipinski definition) is 2. The Morgan fingerprint density at radius 2 is 0.868 bits per heavy atom. The summed E-state index contributed by atoms with van der Waals surface area (Å²) < 4.78 is 0. The molecule has 2 nitrogen and oxygen atoms in total. The van der Waals surface area contributed by atoms with Crippen LogP contribution in [0.25, 0.3) is 66.4 Å². The molecule has 0 amide bonds. The Morgan fingerprint density at radius 1 is 0.368 bits per heavy atom. The molecule has 0 aliphatic heterocycles. The highest BCUT2D eigenvalue weighted by Crippen LogP contribution is 2.39. The van der Waals surface area contributed by atoms with E-state index in [1.165, 1.54) is 11.1 Å². The highest BCUT2D eigenvalue weighted by Gasteiger charge is 2.16. The van der Waals surface area contributed by atoms with Gasteiger partial charge in [-0.05, 0) is 45.5 Å². The van der Waals surface area contributed by atoms with Crippen LogP contribution in [0.5, 0.6) is 0 Å². The lowest BCUT2D eigenvalue weighted by molar-refractivity contribution is 1.37. The average Bonchev–Trinajstić information content (AvgIpc) is 3.01. The van der Waals surface area contributed by atoms with E-state index in [1.54, 1.807) is 0 Å². The van der Waals surface area contributed by atoms with E-state index in [9.17, 15) is 0 Å². The normalized spacial score (nSPS) is 11.2. The van der Waals surface area contributed by atoms with Crippen molar-refractivity contribution in [3.05, 3.63) is 146 Å². The zero-order chi connectivity index (χ0) is 25.3. The predicted octanol–water partition coefficient (Wildman–Crippen LogP) is 9.45. The number of hydrogen-bond donors (Lipinski definition) is 0. The van der Waals surface area contributed by atoms with E-state index in [0.717, 1.165) is 55.3 Å². The lowest BCUT2D eigenvalue weighted by Crippen LogP contribution is -1.95. The number of fused-ring (bicyclic) bond motifs is 3. The molecule has 2 heterocycles. The Labute approximate surface area is 221 Å². The minimum atomic E-state index is 0.916. The zero-order valence-electron chi connectivity index (χ0n) is 20.8. The number of rotatable bonds is 4. The van der Waals surface area contributed by atoms with E-state index in [2.05, 4.69) is 133 Å². The van der Waals surface area contributed by atoms with Crippen molar-refractivity contribution in [1.29, 1.82) is 0 Å². The molecule has 0 bridgehead atoms. The van der Waals surface area contributed by atoms with Gasteiger partial charge in [-0.25, -0.2) is 4.98 Å². The maximum Gasteiger partial charge on any atom is 0.0978 e. The maximum atomic E-state index is 5.32. The van der Waals surface area contributed by atoms with Gasteiger partial charge in [-0.1, -0.05) is 127 Å². The molecule has 7 rings (SSSR count). The highest BCUT2D eigenvalue weighted by atomic mass is 14.8. The first kappa shape index (κ1) is 22.1. The van der Waals surface area contributed by atoms with E-state index in [0.29, 0.717) is 0 Å². The van der Waals surface area contributed by atoms with Crippen molar-refractivity contribution >= 4 is 21.8 Å². The van der Waals surface area contributed by atoms with Crippen LogP contribution in [0.15, 0.2) is 146 Å². The molecule has 0 saturated carbocycles. The van der Waals surface area contributed by atoms with Crippen LogP contribution < -0.4 is 0 Å². The standard InChI is InChI=1S/C36H24N2/c1-4-12-25(13-5-1)28-18-10-11-19-30(28)34-24-33(27-16-8-3-9-17-27)32-21-20-31-29(26-14-6-2-7-15-26)22-23-37-35(31)36(32)38-34/h1-24H. The van der Waals surface area contributed by atoms with Crippen molar-refractivity contribution in [3.63, 3.8) is 0 Å². The topological polar surface area (TPSA) is 25.8 Å². The van der Waals surface area contributed by atoms with E-state index in [-0.39, 0.29) is 0 Å². The molecule has 7 aromatic rings. The third-order valence-corrected chi connectivity index (χ3v) is 7.15. The summed E-state index contributed by atoms with van der Waals surface area (Å²) >= 11 is 0. The third-order valence-electron chi connectivity index (χ3n) is 7.15. The summed E-state index contributed by atoms with van der Waals surface area (Å²) in [6, 6.07) is 48.8. The van der Waals surface area contributed by atoms with Crippen LogP contribution in [-0.4, -0.2) is 9.97 Å². The Hall–Kier alpha value is -5.08. The van der Waals surface area contributed by atoms with Gasteiger partial charge in [0.2, 0.25) is 0 Å². The Morgan fingerprint density at radius 3 is 1.50 bits per heavy atom. The van der Waals surface area contributed by atoms with E-state index in [4.69, 9.17) is 9.97 Å². The SMILES string of the molecule is c1ccc(-c2ccccc2-c2cc(-c3ccccc3)c3ccc4c(-c5ccccc5)ccnc4c3n2)cc1. The average molecular weight is 485 g/mol. The minimum Gasteiger partial charge on any atom is -0.254 e. The fourth-order valence-corrected chi connectivity index (χ4v) is 5.34. The van der Waals surface area contributed by atoms with Crippen LogP contribution in [-0.2, 0) is 0 Å². The molecule has 0 spiro atoms. The largest absolute Gasteiger partial charge is 0.254 e. The monoisotopic (exact) mass is 484 g/mol. The first-order valence-electron chi connectivity index (χ1n) is 12.8. The van der Waals surface area contributed by atoms with Crippen LogP contribution in [0.4, 0.5) is 0 Å². The van der Waals surface area contributed by atoms with Crippen LogP contribution in [0.1, 0.15) is 0 Å². The number of nitrogens with zero attached hydrogens (tertiary/aromatic N) is 2. The quantitative estimate of drug-likeness (QED) is 0.233. The fraction of sp³-hybridized carbons (Fsp3) is 0. The van der Waals surface area contributed by atoms with Gasteiger partial charge < -0.3 is 0 Å². The molecule has 0 aliphatic carbocycles. The molecule has 2 aromatic heterocycles. The molecule has 0 aliphatic rings. The van der Waals surface area contributed by atoms with Crippen molar-refractivity contribution in [3.8, 4) is 44.6 Å². The molecular formula is C36H24N2. The molecule has 0 fully saturated rings. The van der Waals surface area contributed by atoms with Gasteiger partial charge in [0.25, 0.3) is 0 Å². The van der Waals surface area contributed by atoms with Crippen LogP contribution >= 0.6 is 0 Å². The molecule has 0 saturated heterocycles. The van der Waals surface area contributed by atoms with Gasteiger partial charge in [0, 0.05) is 22.5 Å². The van der Waals surface area contributed by atoms with Gasteiger partial charge in [0.05, 0.1) is 16.7 Å². The van der Waals surface area contributed by atoms with Crippen molar-refractivity contribution < 1.29 is 0 Å². The number of benzene rings is 5. The summed E-state index contributed by atoms with van der Waals surface area (Å²) in [4.78, 5) is 10.2. The van der Waals surface area contributed by atoms with Gasteiger partial charge in [-0.2, -0.15) is 0 Å². The summed E-state index contributed by atoms with van der Waals surface area (Å²) in [6.45, 7) is 0. The van der Waals surface area contributed by atoms with Crippen molar-refractivity contribution in [2.24, 2.45) is 0 Å². The first-order valence-corrected chi connectivity index (χ1v) is 12.8. The fourth-order valence-electron chi connectivity index (χ4n) is 5.34. The molecule has 0 N–H and O–H groups in total. The highest BCUT2D eigenvalue weighted by molar-refractivity contribution is 6.12. The van der Waals surface area contributed by atoms with Crippen LogP contribution in [0, 0.1) is 0 Å². The third kappa shape index (κ3) is 3.84. The first-order chi connectivity index (χ1) is 18.9. The van der Waals surface area contributed by atoms with Crippen LogP contribution in [0.2, 0.25) is 0 Å². The molecular weight excluding hydrogens is 460 g/mol. The van der Waals surface area contributed by atoms with Gasteiger partial charge in [-0.3, -0.25) is 4.98 Å². The minimum absolute atomic E-state index is 0.916. The van der Waals surface area contributed by atoms with E-state index < -0.39 is 0 Å². The maximum absolute atomic E-state index is 5.32. The van der Waals surface area contributed by atoms with Gasteiger partial charge in [-0.15, -0.1) is 0 Å². The number of pyridine rings is 2. The van der Waals surface area contributed by atoms with E-state index >= 15 is 0 Å². The summed E-state index contributed by atoms with van der Waals surface area (Å²) in [5, 5.41) is 2.20. The summed E-state index contributed by atoms with van der Waals surface area (Å²) in [7, 11) is 0. The predicted molar refractivity (Wildman–Crippen MR) is 159 cm³/mol. The van der Waals surface area contributed by atoms with Crippen molar-refractivity contribution in [2.45, 2.75) is 0 Å². The Bertz CT molecular complexity index is 1890. The second kappa shape index (κ2) is 9.42. The van der Waals surface area contributed by atoms with E-state index in [1.807, 2.05) is 12.3 Å². The lowest BCUT2D eigenvalue weighted by atomic mass is 9.93. The molecule has 0 atom stereocenters. The van der Waals surface area contributed by atoms with Gasteiger partial charge in [0.15, 0.2) is 0 Å². The Balaban J connectivity index is 1.56. The smallest absolute Gasteiger partial charge is 0.0978 e. The second-order valence-electron chi connectivity index (χ2n) is 9.42. The lowest BCUT2D eigenvalue weighted by Gasteiger charge is -2.15. The zero-order valence-corrected chi connectivity index (χ0v) is 20.8. The molecule has 0 unspecified atom stereocenters. The molecule has 5 aromatic carbocycles. The van der Waals surface area contributed by atoms with Crippen LogP contribution in [0.3, 0.4) is 0 Å².